The molecule has 1 fully saturated rings. The van der Waals surface area contributed by atoms with Gasteiger partial charge in [-0.1, -0.05) is 19.0 Å². The number of rotatable bonds is 5. The smallest absolute Gasteiger partial charge is 0.228 e. The Balaban J connectivity index is 2.03. The van der Waals surface area contributed by atoms with Crippen LogP contribution in [0.2, 0.25) is 0 Å². The summed E-state index contributed by atoms with van der Waals surface area (Å²) in [7, 11) is -3.07. The summed E-state index contributed by atoms with van der Waals surface area (Å²) in [5.41, 5.74) is 0. The third kappa shape index (κ3) is 4.71. The van der Waals surface area contributed by atoms with Gasteiger partial charge in [-0.2, -0.15) is 4.98 Å². The molecule has 0 saturated carbocycles. The molecule has 0 aliphatic carbocycles. The van der Waals surface area contributed by atoms with Gasteiger partial charge in [-0.25, -0.2) is 8.42 Å². The molecule has 9 heteroatoms. The fraction of sp³-hybridized carbons (Fsp3) is 0.812. The first-order valence-corrected chi connectivity index (χ1v) is 10.4. The van der Waals surface area contributed by atoms with Gasteiger partial charge in [0.1, 0.15) is 0 Å². The Hall–Kier alpha value is -1.64. The number of guanidine groups is 1. The molecule has 2 heterocycles. The highest BCUT2D eigenvalue weighted by Gasteiger charge is 2.40. The second-order valence-corrected chi connectivity index (χ2v) is 9.93. The monoisotopic (exact) mass is 371 g/mol. The van der Waals surface area contributed by atoms with E-state index in [0.717, 1.165) is 12.5 Å². The highest BCUT2D eigenvalue weighted by atomic mass is 32.2. The lowest BCUT2D eigenvalue weighted by Crippen LogP contribution is -2.57. The normalized spacial score (nSPS) is 20.1. The van der Waals surface area contributed by atoms with Crippen LogP contribution < -0.4 is 5.32 Å². The molecule has 0 atom stereocenters. The first-order chi connectivity index (χ1) is 11.7. The van der Waals surface area contributed by atoms with Crippen LogP contribution in [0.25, 0.3) is 0 Å². The van der Waals surface area contributed by atoms with Crippen LogP contribution in [0.5, 0.6) is 0 Å². The van der Waals surface area contributed by atoms with Gasteiger partial charge in [0, 0.05) is 32.0 Å². The summed E-state index contributed by atoms with van der Waals surface area (Å²) < 4.78 is 28.8. The van der Waals surface area contributed by atoms with Gasteiger partial charge >= 0.3 is 0 Å². The molecule has 1 aromatic heterocycles. The molecule has 0 amide bonds. The average molecular weight is 372 g/mol. The van der Waals surface area contributed by atoms with Crippen molar-refractivity contribution in [1.82, 2.24) is 20.4 Å². The van der Waals surface area contributed by atoms with Gasteiger partial charge in [0.2, 0.25) is 5.89 Å². The fourth-order valence-corrected chi connectivity index (χ4v) is 3.98. The predicted molar refractivity (Wildman–Crippen MR) is 97.5 cm³/mol. The SMILES string of the molecule is CCNC(=NCCc1nc(C(C)C)no1)N1CCS(=O)(=O)C(C)(C)C1. The van der Waals surface area contributed by atoms with Crippen molar-refractivity contribution in [1.29, 1.82) is 0 Å². The molecule has 0 radical (unpaired) electrons. The van der Waals surface area contributed by atoms with Crippen LogP contribution in [0.1, 0.15) is 52.3 Å². The zero-order chi connectivity index (χ0) is 18.7. The van der Waals surface area contributed by atoms with Crippen LogP contribution >= 0.6 is 0 Å². The van der Waals surface area contributed by atoms with E-state index in [9.17, 15) is 8.42 Å². The molecule has 1 aromatic rings. The van der Waals surface area contributed by atoms with Crippen LogP contribution in [0.3, 0.4) is 0 Å². The molecule has 1 N–H and O–H groups in total. The van der Waals surface area contributed by atoms with Crippen molar-refractivity contribution in [2.24, 2.45) is 4.99 Å². The number of nitrogens with zero attached hydrogens (tertiary/aromatic N) is 4. The standard InChI is InChI=1S/C16H29N5O3S/c1-6-17-15(21-9-10-25(22,23)16(4,5)11-21)18-8-7-13-19-14(12(2)3)20-24-13/h12H,6-11H2,1-5H3,(H,17,18). The Morgan fingerprint density at radius 3 is 2.72 bits per heavy atom. The average Bonchev–Trinajstić information content (AvgIpc) is 2.98. The van der Waals surface area contributed by atoms with E-state index in [1.54, 1.807) is 13.8 Å². The Morgan fingerprint density at radius 1 is 1.44 bits per heavy atom. The Bertz CT molecular complexity index is 709. The Morgan fingerprint density at radius 2 is 2.16 bits per heavy atom. The number of aromatic nitrogens is 2. The van der Waals surface area contributed by atoms with Gasteiger partial charge in [-0.05, 0) is 20.8 Å². The van der Waals surface area contributed by atoms with Gasteiger partial charge in [0.25, 0.3) is 0 Å². The van der Waals surface area contributed by atoms with Crippen molar-refractivity contribution in [2.45, 2.75) is 51.7 Å². The van der Waals surface area contributed by atoms with Crippen molar-refractivity contribution < 1.29 is 12.9 Å². The maximum absolute atomic E-state index is 12.2. The maximum Gasteiger partial charge on any atom is 0.228 e. The lowest BCUT2D eigenvalue weighted by molar-refractivity contribution is 0.352. The van der Waals surface area contributed by atoms with Crippen LogP contribution in [0.15, 0.2) is 9.52 Å². The second-order valence-electron chi connectivity index (χ2n) is 7.19. The van der Waals surface area contributed by atoms with E-state index in [1.165, 1.54) is 0 Å². The molecule has 0 spiro atoms. The quantitative estimate of drug-likeness (QED) is 0.613. The van der Waals surface area contributed by atoms with Gasteiger partial charge in [-0.3, -0.25) is 4.99 Å². The Kier molecular flexibility index (Phi) is 6.08. The lowest BCUT2D eigenvalue weighted by Gasteiger charge is -2.39. The summed E-state index contributed by atoms with van der Waals surface area (Å²) in [6.07, 6.45) is 0.560. The number of sulfone groups is 1. The number of aliphatic imine (C=N–C) groups is 1. The molecule has 2 rings (SSSR count). The largest absolute Gasteiger partial charge is 0.357 e. The summed E-state index contributed by atoms with van der Waals surface area (Å²) in [5.74, 6) is 2.38. The van der Waals surface area contributed by atoms with Crippen molar-refractivity contribution >= 4 is 15.8 Å². The molecule has 8 nitrogen and oxygen atoms in total. The van der Waals surface area contributed by atoms with Crippen molar-refractivity contribution in [3.63, 3.8) is 0 Å². The molecule has 1 aliphatic rings. The minimum Gasteiger partial charge on any atom is -0.357 e. The van der Waals surface area contributed by atoms with Gasteiger partial charge in [0.05, 0.1) is 17.0 Å². The maximum atomic E-state index is 12.2. The van der Waals surface area contributed by atoms with E-state index in [1.807, 2.05) is 25.7 Å². The van der Waals surface area contributed by atoms with Gasteiger partial charge in [0.15, 0.2) is 21.6 Å². The topological polar surface area (TPSA) is 101 Å². The van der Waals surface area contributed by atoms with Crippen molar-refractivity contribution in [3.05, 3.63) is 11.7 Å². The Labute approximate surface area is 150 Å². The summed E-state index contributed by atoms with van der Waals surface area (Å²) in [6.45, 7) is 11.7. The third-order valence-corrected chi connectivity index (χ3v) is 6.80. The van der Waals surface area contributed by atoms with E-state index in [4.69, 9.17) is 4.52 Å². The van der Waals surface area contributed by atoms with Crippen LogP contribution in [0.4, 0.5) is 0 Å². The summed E-state index contributed by atoms with van der Waals surface area (Å²) in [6, 6.07) is 0. The van der Waals surface area contributed by atoms with Crippen LogP contribution in [0, 0.1) is 0 Å². The molecule has 0 aromatic carbocycles. The van der Waals surface area contributed by atoms with E-state index < -0.39 is 14.6 Å². The molecular weight excluding hydrogens is 342 g/mol. The van der Waals surface area contributed by atoms with E-state index >= 15 is 0 Å². The third-order valence-electron chi connectivity index (χ3n) is 4.27. The molecule has 1 aliphatic heterocycles. The highest BCUT2D eigenvalue weighted by molar-refractivity contribution is 7.92. The van der Waals surface area contributed by atoms with E-state index in [-0.39, 0.29) is 11.7 Å². The molecule has 0 unspecified atom stereocenters. The molecule has 1 saturated heterocycles. The minimum absolute atomic E-state index is 0.145. The zero-order valence-corrected chi connectivity index (χ0v) is 16.6. The van der Waals surface area contributed by atoms with Crippen molar-refractivity contribution in [2.75, 3.05) is 31.9 Å². The van der Waals surface area contributed by atoms with Gasteiger partial charge in [-0.15, -0.1) is 0 Å². The number of hydrogen-bond donors (Lipinski definition) is 1. The molecular formula is C16H29N5O3S. The first-order valence-electron chi connectivity index (χ1n) is 8.74. The number of hydrogen-bond acceptors (Lipinski definition) is 6. The van der Waals surface area contributed by atoms with E-state index in [0.29, 0.717) is 37.8 Å². The summed E-state index contributed by atoms with van der Waals surface area (Å²) >= 11 is 0. The van der Waals surface area contributed by atoms with Crippen LogP contribution in [-0.2, 0) is 16.3 Å². The lowest BCUT2D eigenvalue weighted by atomic mass is 10.2. The van der Waals surface area contributed by atoms with Gasteiger partial charge < -0.3 is 14.7 Å². The second kappa shape index (κ2) is 7.72. The summed E-state index contributed by atoms with van der Waals surface area (Å²) in [5, 5.41) is 7.19. The number of nitrogens with one attached hydrogen (secondary N) is 1. The first kappa shape index (κ1) is 19.7. The summed E-state index contributed by atoms with van der Waals surface area (Å²) in [4.78, 5) is 11.0. The molecule has 0 bridgehead atoms. The van der Waals surface area contributed by atoms with Crippen LogP contribution in [-0.4, -0.2) is 66.1 Å². The molecule has 25 heavy (non-hydrogen) atoms. The van der Waals surface area contributed by atoms with E-state index in [2.05, 4.69) is 20.4 Å². The fourth-order valence-electron chi connectivity index (χ4n) is 2.61. The zero-order valence-electron chi connectivity index (χ0n) is 15.7. The highest BCUT2D eigenvalue weighted by Crippen LogP contribution is 2.23. The van der Waals surface area contributed by atoms with Crippen molar-refractivity contribution in [3.8, 4) is 0 Å². The predicted octanol–water partition coefficient (Wildman–Crippen LogP) is 1.21. The minimum atomic E-state index is -3.07. The molecule has 142 valence electrons.